The first kappa shape index (κ1) is 15.5. The van der Waals surface area contributed by atoms with Crippen LogP contribution in [0.5, 0.6) is 0 Å². The number of primary amides is 1. The lowest BCUT2D eigenvalue weighted by molar-refractivity contribution is -0.115. The van der Waals surface area contributed by atoms with E-state index in [1.54, 1.807) is 6.92 Å². The van der Waals surface area contributed by atoms with Crippen molar-refractivity contribution in [1.29, 1.82) is 0 Å². The Bertz CT molecular complexity index is 683. The van der Waals surface area contributed by atoms with Crippen LogP contribution in [0.2, 0.25) is 0 Å². The van der Waals surface area contributed by atoms with Crippen molar-refractivity contribution in [2.75, 3.05) is 5.75 Å². The molecule has 2 rings (SSSR count). The van der Waals surface area contributed by atoms with Crippen LogP contribution >= 0.6 is 23.1 Å². The lowest BCUT2D eigenvalue weighted by Crippen LogP contribution is -2.13. The van der Waals surface area contributed by atoms with E-state index in [9.17, 15) is 9.59 Å². The van der Waals surface area contributed by atoms with Crippen molar-refractivity contribution in [3.05, 3.63) is 40.4 Å². The molecule has 7 heteroatoms. The molecular weight excluding hydrogens is 308 g/mol. The zero-order valence-electron chi connectivity index (χ0n) is 11.3. The number of carbonyl (C=O) groups is 2. The Kier molecular flexibility index (Phi) is 4.98. The molecule has 0 radical (unpaired) electrons. The van der Waals surface area contributed by atoms with Crippen molar-refractivity contribution in [3.63, 3.8) is 0 Å². The number of rotatable bonds is 6. The second-order valence-electron chi connectivity index (χ2n) is 4.40. The van der Waals surface area contributed by atoms with Crippen molar-refractivity contribution < 1.29 is 14.7 Å². The molecule has 5 nitrogen and oxygen atoms in total. The van der Waals surface area contributed by atoms with E-state index in [2.05, 4.69) is 4.98 Å². The quantitative estimate of drug-likeness (QED) is 0.852. The van der Waals surface area contributed by atoms with Gasteiger partial charge in [-0.1, -0.05) is 18.2 Å². The number of amides is 1. The Hall–Kier alpha value is -1.86. The molecule has 0 saturated heterocycles. The Labute approximate surface area is 130 Å². The molecule has 1 amide bonds. The van der Waals surface area contributed by atoms with Gasteiger partial charge in [0.2, 0.25) is 5.91 Å². The van der Waals surface area contributed by atoms with Gasteiger partial charge in [-0.25, -0.2) is 9.78 Å². The maximum absolute atomic E-state index is 11.1. The van der Waals surface area contributed by atoms with Crippen LogP contribution in [0.1, 0.15) is 20.9 Å². The van der Waals surface area contributed by atoms with Gasteiger partial charge in [0.15, 0.2) is 0 Å². The second-order valence-corrected chi connectivity index (χ2v) is 6.38. The zero-order chi connectivity index (χ0) is 15.4. The van der Waals surface area contributed by atoms with E-state index in [4.69, 9.17) is 10.8 Å². The maximum Gasteiger partial charge on any atom is 0.347 e. The molecule has 0 aliphatic heterocycles. The largest absolute Gasteiger partial charge is 0.477 e. The Morgan fingerprint density at radius 1 is 1.43 bits per heavy atom. The number of aryl methyl sites for hydroxylation is 1. The summed E-state index contributed by atoms with van der Waals surface area (Å²) in [6.07, 6.45) is 0. The molecule has 21 heavy (non-hydrogen) atoms. The van der Waals surface area contributed by atoms with E-state index < -0.39 is 5.97 Å². The summed E-state index contributed by atoms with van der Waals surface area (Å²) in [6, 6.07) is 7.70. The minimum absolute atomic E-state index is 0.263. The lowest BCUT2D eigenvalue weighted by Gasteiger charge is -2.02. The van der Waals surface area contributed by atoms with E-state index in [1.165, 1.54) is 23.1 Å². The van der Waals surface area contributed by atoms with Crippen LogP contribution in [-0.4, -0.2) is 27.7 Å². The normalized spacial score (nSPS) is 10.5. The standard InChI is InChI=1S/C14H14N2O3S2/c1-8-12(14(18)19)21-13(16-8)10-4-2-3-9(5-10)6-20-7-11(15)17/h2-5H,6-7H2,1H3,(H2,15,17)(H,18,19). The molecule has 0 atom stereocenters. The van der Waals surface area contributed by atoms with Gasteiger partial charge in [-0.2, -0.15) is 0 Å². The van der Waals surface area contributed by atoms with E-state index in [0.29, 0.717) is 16.5 Å². The molecule has 1 heterocycles. The summed E-state index contributed by atoms with van der Waals surface area (Å²) < 4.78 is 0. The van der Waals surface area contributed by atoms with Gasteiger partial charge in [-0.3, -0.25) is 4.79 Å². The fourth-order valence-corrected chi connectivity index (χ4v) is 3.40. The van der Waals surface area contributed by atoms with Gasteiger partial charge in [-0.05, 0) is 18.6 Å². The SMILES string of the molecule is Cc1nc(-c2cccc(CSCC(N)=O)c2)sc1C(=O)O. The molecular formula is C14H14N2O3S2. The lowest BCUT2D eigenvalue weighted by atomic mass is 10.1. The number of nitrogens with zero attached hydrogens (tertiary/aromatic N) is 1. The minimum Gasteiger partial charge on any atom is -0.477 e. The van der Waals surface area contributed by atoms with Crippen molar-refractivity contribution >= 4 is 35.0 Å². The van der Waals surface area contributed by atoms with Crippen LogP contribution in [0.4, 0.5) is 0 Å². The summed E-state index contributed by atoms with van der Waals surface area (Å²) in [7, 11) is 0. The third kappa shape index (κ3) is 4.05. The van der Waals surface area contributed by atoms with E-state index in [-0.39, 0.29) is 16.5 Å². The van der Waals surface area contributed by atoms with Crippen LogP contribution in [0.25, 0.3) is 10.6 Å². The Morgan fingerprint density at radius 2 is 2.19 bits per heavy atom. The number of carbonyl (C=O) groups excluding carboxylic acids is 1. The fraction of sp³-hybridized carbons (Fsp3) is 0.214. The highest BCUT2D eigenvalue weighted by atomic mass is 32.2. The van der Waals surface area contributed by atoms with Crippen LogP contribution in [0.3, 0.4) is 0 Å². The summed E-state index contributed by atoms with van der Waals surface area (Å²) >= 11 is 2.61. The highest BCUT2D eigenvalue weighted by Crippen LogP contribution is 2.29. The molecule has 3 N–H and O–H groups in total. The van der Waals surface area contributed by atoms with E-state index >= 15 is 0 Å². The van der Waals surface area contributed by atoms with Crippen LogP contribution in [0.15, 0.2) is 24.3 Å². The molecule has 1 aromatic carbocycles. The third-order valence-electron chi connectivity index (χ3n) is 2.68. The van der Waals surface area contributed by atoms with Gasteiger partial charge >= 0.3 is 5.97 Å². The van der Waals surface area contributed by atoms with Crippen LogP contribution in [-0.2, 0) is 10.5 Å². The smallest absolute Gasteiger partial charge is 0.347 e. The highest BCUT2D eigenvalue weighted by Gasteiger charge is 2.15. The molecule has 0 unspecified atom stereocenters. The van der Waals surface area contributed by atoms with Gasteiger partial charge in [-0.15, -0.1) is 23.1 Å². The average Bonchev–Trinajstić information content (AvgIpc) is 2.81. The van der Waals surface area contributed by atoms with Gasteiger partial charge in [0, 0.05) is 11.3 Å². The molecule has 0 aliphatic rings. The third-order valence-corrected chi connectivity index (χ3v) is 4.90. The number of nitrogens with two attached hydrogens (primary N) is 1. The number of carboxylic acid groups (broad SMARTS) is 1. The Morgan fingerprint density at radius 3 is 2.81 bits per heavy atom. The average molecular weight is 322 g/mol. The van der Waals surface area contributed by atoms with Crippen molar-refractivity contribution in [1.82, 2.24) is 4.98 Å². The monoisotopic (exact) mass is 322 g/mol. The molecule has 1 aromatic heterocycles. The highest BCUT2D eigenvalue weighted by molar-refractivity contribution is 7.99. The van der Waals surface area contributed by atoms with Crippen molar-refractivity contribution in [3.8, 4) is 10.6 Å². The Balaban J connectivity index is 2.19. The summed E-state index contributed by atoms with van der Waals surface area (Å²) in [5.41, 5.74) is 7.55. The van der Waals surface area contributed by atoms with Gasteiger partial charge in [0.1, 0.15) is 9.88 Å². The van der Waals surface area contributed by atoms with Crippen molar-refractivity contribution in [2.45, 2.75) is 12.7 Å². The molecule has 110 valence electrons. The molecule has 0 bridgehead atoms. The molecule has 0 aliphatic carbocycles. The number of thiazole rings is 1. The summed E-state index contributed by atoms with van der Waals surface area (Å²) in [4.78, 5) is 26.4. The molecule has 0 saturated carbocycles. The first-order valence-corrected chi connectivity index (χ1v) is 8.10. The van der Waals surface area contributed by atoms with E-state index in [1.807, 2.05) is 24.3 Å². The predicted molar refractivity (Wildman–Crippen MR) is 84.6 cm³/mol. The summed E-state index contributed by atoms with van der Waals surface area (Å²) in [5, 5.41) is 9.76. The molecule has 2 aromatic rings. The van der Waals surface area contributed by atoms with Crippen LogP contribution < -0.4 is 5.73 Å². The van der Waals surface area contributed by atoms with Gasteiger partial charge in [0.05, 0.1) is 11.4 Å². The number of thioether (sulfide) groups is 1. The second kappa shape index (κ2) is 6.73. The van der Waals surface area contributed by atoms with Crippen LogP contribution in [0, 0.1) is 6.92 Å². The molecule has 0 spiro atoms. The maximum atomic E-state index is 11.1. The first-order valence-electron chi connectivity index (χ1n) is 6.13. The number of aromatic nitrogens is 1. The first-order chi connectivity index (χ1) is 9.97. The van der Waals surface area contributed by atoms with Gasteiger partial charge in [0.25, 0.3) is 0 Å². The minimum atomic E-state index is -0.954. The number of carboxylic acids is 1. The topological polar surface area (TPSA) is 93.3 Å². The number of hydrogen-bond acceptors (Lipinski definition) is 5. The fourth-order valence-electron chi connectivity index (χ4n) is 1.78. The predicted octanol–water partition coefficient (Wildman–Crippen LogP) is 2.54. The number of aromatic carboxylic acids is 1. The number of hydrogen-bond donors (Lipinski definition) is 2. The summed E-state index contributed by atoms with van der Waals surface area (Å²) in [5.74, 6) is -0.335. The van der Waals surface area contributed by atoms with E-state index in [0.717, 1.165) is 11.1 Å². The van der Waals surface area contributed by atoms with Crippen molar-refractivity contribution in [2.24, 2.45) is 5.73 Å². The van der Waals surface area contributed by atoms with Gasteiger partial charge < -0.3 is 10.8 Å². The zero-order valence-corrected chi connectivity index (χ0v) is 13.0. The summed E-state index contributed by atoms with van der Waals surface area (Å²) in [6.45, 7) is 1.69. The molecule has 0 fully saturated rings. The number of benzene rings is 1.